The standard InChI is InChI=1S/C13H12BrClN2/c1-9-2-4-10(5-3-9)7-16-13-12(14)6-11(15)8-17-13/h2-6,8H,7H2,1H3,(H,16,17). The Balaban J connectivity index is 2.04. The number of aryl methyl sites for hydroxylation is 1. The van der Waals surface area contributed by atoms with Crippen LogP contribution < -0.4 is 5.32 Å². The molecule has 0 spiro atoms. The van der Waals surface area contributed by atoms with Crippen LogP contribution >= 0.6 is 27.5 Å². The zero-order chi connectivity index (χ0) is 12.3. The Morgan fingerprint density at radius 3 is 2.65 bits per heavy atom. The summed E-state index contributed by atoms with van der Waals surface area (Å²) in [6, 6.07) is 10.2. The lowest BCUT2D eigenvalue weighted by molar-refractivity contribution is 1.10. The van der Waals surface area contributed by atoms with E-state index in [1.165, 1.54) is 11.1 Å². The SMILES string of the molecule is Cc1ccc(CNc2ncc(Cl)cc2Br)cc1. The molecule has 0 aliphatic rings. The van der Waals surface area contributed by atoms with Crippen molar-refractivity contribution in [3.63, 3.8) is 0 Å². The highest BCUT2D eigenvalue weighted by Crippen LogP contribution is 2.23. The van der Waals surface area contributed by atoms with Crippen LogP contribution in [0.1, 0.15) is 11.1 Å². The molecule has 1 aromatic carbocycles. The van der Waals surface area contributed by atoms with Gasteiger partial charge in [0.25, 0.3) is 0 Å². The fraction of sp³-hybridized carbons (Fsp3) is 0.154. The average molecular weight is 312 g/mol. The van der Waals surface area contributed by atoms with Crippen LogP contribution in [0.3, 0.4) is 0 Å². The lowest BCUT2D eigenvalue weighted by atomic mass is 10.1. The number of nitrogens with one attached hydrogen (secondary N) is 1. The minimum absolute atomic E-state index is 0.623. The molecular weight excluding hydrogens is 300 g/mol. The summed E-state index contributed by atoms with van der Waals surface area (Å²) in [5.74, 6) is 0.801. The largest absolute Gasteiger partial charge is 0.365 e. The summed E-state index contributed by atoms with van der Waals surface area (Å²) >= 11 is 9.25. The maximum Gasteiger partial charge on any atom is 0.140 e. The van der Waals surface area contributed by atoms with Gasteiger partial charge in [0.1, 0.15) is 5.82 Å². The van der Waals surface area contributed by atoms with Gasteiger partial charge in [-0.1, -0.05) is 41.4 Å². The van der Waals surface area contributed by atoms with Gasteiger partial charge in [-0.25, -0.2) is 4.98 Å². The van der Waals surface area contributed by atoms with E-state index < -0.39 is 0 Å². The lowest BCUT2D eigenvalue weighted by Gasteiger charge is -2.08. The van der Waals surface area contributed by atoms with Gasteiger partial charge in [0.05, 0.1) is 9.50 Å². The van der Waals surface area contributed by atoms with E-state index in [0.717, 1.165) is 16.8 Å². The third kappa shape index (κ3) is 3.45. The first kappa shape index (κ1) is 12.4. The number of pyridine rings is 1. The third-order valence-electron chi connectivity index (χ3n) is 2.39. The van der Waals surface area contributed by atoms with Gasteiger partial charge >= 0.3 is 0 Å². The van der Waals surface area contributed by atoms with E-state index in [2.05, 4.69) is 57.4 Å². The van der Waals surface area contributed by atoms with Crippen LogP contribution in [0.25, 0.3) is 0 Å². The Kier molecular flexibility index (Phi) is 4.02. The van der Waals surface area contributed by atoms with Crippen molar-refractivity contribution in [3.05, 3.63) is 57.2 Å². The quantitative estimate of drug-likeness (QED) is 0.907. The topological polar surface area (TPSA) is 24.9 Å². The lowest BCUT2D eigenvalue weighted by Crippen LogP contribution is -2.01. The predicted octanol–water partition coefficient (Wildman–Crippen LogP) is 4.42. The smallest absolute Gasteiger partial charge is 0.140 e. The molecule has 17 heavy (non-hydrogen) atoms. The van der Waals surface area contributed by atoms with Crippen molar-refractivity contribution in [2.45, 2.75) is 13.5 Å². The first-order valence-electron chi connectivity index (χ1n) is 5.25. The van der Waals surface area contributed by atoms with Gasteiger partial charge in [-0.3, -0.25) is 0 Å². The fourth-order valence-corrected chi connectivity index (χ4v) is 2.22. The Morgan fingerprint density at radius 1 is 1.29 bits per heavy atom. The van der Waals surface area contributed by atoms with Crippen molar-refractivity contribution >= 4 is 33.3 Å². The first-order valence-corrected chi connectivity index (χ1v) is 6.43. The van der Waals surface area contributed by atoms with E-state index in [1.54, 1.807) is 6.20 Å². The molecule has 4 heteroatoms. The Bertz CT molecular complexity index is 511. The molecule has 0 aliphatic carbocycles. The van der Waals surface area contributed by atoms with Crippen LogP contribution in [-0.2, 0) is 6.54 Å². The number of benzene rings is 1. The van der Waals surface area contributed by atoms with Gasteiger partial charge in [0.15, 0.2) is 0 Å². The molecule has 0 saturated heterocycles. The maximum absolute atomic E-state index is 5.83. The molecule has 0 aliphatic heterocycles. The van der Waals surface area contributed by atoms with Crippen LogP contribution in [0, 0.1) is 6.92 Å². The monoisotopic (exact) mass is 310 g/mol. The summed E-state index contributed by atoms with van der Waals surface area (Å²) in [7, 11) is 0. The third-order valence-corrected chi connectivity index (χ3v) is 3.20. The molecule has 0 saturated carbocycles. The minimum Gasteiger partial charge on any atom is -0.365 e. The molecule has 0 radical (unpaired) electrons. The van der Waals surface area contributed by atoms with Crippen LogP contribution in [0.5, 0.6) is 0 Å². The maximum atomic E-state index is 5.83. The summed E-state index contributed by atoms with van der Waals surface area (Å²) in [6.07, 6.45) is 1.63. The van der Waals surface area contributed by atoms with Gasteiger partial charge in [0, 0.05) is 12.7 Å². The summed E-state index contributed by atoms with van der Waals surface area (Å²) < 4.78 is 0.872. The number of hydrogen-bond acceptors (Lipinski definition) is 2. The van der Waals surface area contributed by atoms with Crippen LogP contribution in [-0.4, -0.2) is 4.98 Å². The summed E-state index contributed by atoms with van der Waals surface area (Å²) in [6.45, 7) is 2.82. The first-order chi connectivity index (χ1) is 8.15. The Hall–Kier alpha value is -1.06. The number of hydrogen-bond donors (Lipinski definition) is 1. The molecule has 0 unspecified atom stereocenters. The minimum atomic E-state index is 0.623. The van der Waals surface area contributed by atoms with Crippen molar-refractivity contribution in [3.8, 4) is 0 Å². The zero-order valence-corrected chi connectivity index (χ0v) is 11.7. The predicted molar refractivity (Wildman–Crippen MR) is 75.5 cm³/mol. The molecule has 0 amide bonds. The molecule has 0 atom stereocenters. The Labute approximate surface area is 114 Å². The molecular formula is C13H12BrClN2. The molecule has 0 bridgehead atoms. The molecule has 0 fully saturated rings. The second-order valence-corrected chi connectivity index (χ2v) is 5.11. The van der Waals surface area contributed by atoms with Crippen molar-refractivity contribution < 1.29 is 0 Å². The molecule has 88 valence electrons. The molecule has 2 aromatic rings. The van der Waals surface area contributed by atoms with Crippen molar-refractivity contribution in [1.82, 2.24) is 4.98 Å². The second-order valence-electron chi connectivity index (χ2n) is 3.82. The molecule has 2 rings (SSSR count). The summed E-state index contributed by atoms with van der Waals surface area (Å²) in [4.78, 5) is 4.22. The molecule has 1 heterocycles. The van der Waals surface area contributed by atoms with E-state index in [0.29, 0.717) is 5.02 Å². The summed E-state index contributed by atoms with van der Waals surface area (Å²) in [5, 5.41) is 3.88. The van der Waals surface area contributed by atoms with Crippen molar-refractivity contribution in [2.24, 2.45) is 0 Å². The van der Waals surface area contributed by atoms with Gasteiger partial charge in [-0.05, 0) is 34.5 Å². The highest BCUT2D eigenvalue weighted by Gasteiger charge is 2.01. The van der Waals surface area contributed by atoms with Gasteiger partial charge < -0.3 is 5.32 Å². The van der Waals surface area contributed by atoms with E-state index >= 15 is 0 Å². The number of nitrogens with zero attached hydrogens (tertiary/aromatic N) is 1. The molecule has 2 nitrogen and oxygen atoms in total. The molecule has 1 aromatic heterocycles. The number of halogens is 2. The second kappa shape index (κ2) is 5.52. The van der Waals surface area contributed by atoms with Gasteiger partial charge in [0.2, 0.25) is 0 Å². The highest BCUT2D eigenvalue weighted by molar-refractivity contribution is 9.10. The fourth-order valence-electron chi connectivity index (χ4n) is 1.44. The van der Waals surface area contributed by atoms with E-state index in [4.69, 9.17) is 11.6 Å². The van der Waals surface area contributed by atoms with Gasteiger partial charge in [-0.15, -0.1) is 0 Å². The summed E-state index contributed by atoms with van der Waals surface area (Å²) in [5.41, 5.74) is 2.48. The number of rotatable bonds is 3. The van der Waals surface area contributed by atoms with Crippen LogP contribution in [0.4, 0.5) is 5.82 Å². The van der Waals surface area contributed by atoms with Crippen molar-refractivity contribution in [1.29, 1.82) is 0 Å². The van der Waals surface area contributed by atoms with E-state index in [-0.39, 0.29) is 0 Å². The van der Waals surface area contributed by atoms with Crippen LogP contribution in [0.2, 0.25) is 5.02 Å². The van der Waals surface area contributed by atoms with E-state index in [9.17, 15) is 0 Å². The normalized spacial score (nSPS) is 10.3. The highest BCUT2D eigenvalue weighted by atomic mass is 79.9. The van der Waals surface area contributed by atoms with Crippen molar-refractivity contribution in [2.75, 3.05) is 5.32 Å². The average Bonchev–Trinajstić information content (AvgIpc) is 2.30. The number of aromatic nitrogens is 1. The van der Waals surface area contributed by atoms with Gasteiger partial charge in [-0.2, -0.15) is 0 Å². The van der Waals surface area contributed by atoms with E-state index in [1.807, 2.05) is 6.07 Å². The van der Waals surface area contributed by atoms with Crippen LogP contribution in [0.15, 0.2) is 41.0 Å². The number of anilines is 1. The Morgan fingerprint density at radius 2 is 2.00 bits per heavy atom. The molecule has 1 N–H and O–H groups in total. The zero-order valence-electron chi connectivity index (χ0n) is 9.37.